The van der Waals surface area contributed by atoms with E-state index < -0.39 is 0 Å². The van der Waals surface area contributed by atoms with Crippen LogP contribution >= 0.6 is 0 Å². The van der Waals surface area contributed by atoms with Crippen molar-refractivity contribution in [1.29, 1.82) is 0 Å². The van der Waals surface area contributed by atoms with Gasteiger partial charge in [0.05, 0.1) is 19.9 Å². The van der Waals surface area contributed by atoms with Crippen molar-refractivity contribution in [2.24, 2.45) is 0 Å². The van der Waals surface area contributed by atoms with Gasteiger partial charge in [0.2, 0.25) is 0 Å². The summed E-state index contributed by atoms with van der Waals surface area (Å²) in [5.41, 5.74) is 1.18. The summed E-state index contributed by atoms with van der Waals surface area (Å²) in [4.78, 5) is 15.8. The third-order valence-corrected chi connectivity index (χ3v) is 2.59. The lowest BCUT2D eigenvalue weighted by atomic mass is 10.2. The normalized spacial score (nSPS) is 9.70. The molecule has 1 aromatic heterocycles. The molecule has 0 aliphatic rings. The van der Waals surface area contributed by atoms with Gasteiger partial charge in [-0.05, 0) is 24.3 Å². The zero-order chi connectivity index (χ0) is 14.4. The molecule has 0 fully saturated rings. The highest BCUT2D eigenvalue weighted by Gasteiger charge is 2.09. The van der Waals surface area contributed by atoms with Crippen molar-refractivity contribution in [1.82, 2.24) is 4.98 Å². The van der Waals surface area contributed by atoms with Crippen LogP contribution in [0.15, 0.2) is 42.7 Å². The van der Waals surface area contributed by atoms with Gasteiger partial charge in [0.1, 0.15) is 11.5 Å². The van der Waals surface area contributed by atoms with E-state index in [1.165, 1.54) is 7.11 Å². The highest BCUT2D eigenvalue weighted by molar-refractivity contribution is 6.00. The number of carbonyl (C=O) groups is 1. The number of methoxy groups -OCH3 is 2. The number of hydrogen-bond donors (Lipinski definition) is 2. The van der Waals surface area contributed by atoms with E-state index in [-0.39, 0.29) is 6.03 Å². The standard InChI is InChI=1S/C14H15N3O3/c1-19-11-3-4-13(20-2)12(9-11)17-14(18)16-10-5-7-15-8-6-10/h3-9H,1-2H3,(H2,15,16,17,18). The summed E-state index contributed by atoms with van der Waals surface area (Å²) in [7, 11) is 3.09. The maximum atomic E-state index is 11.9. The molecular weight excluding hydrogens is 258 g/mol. The summed E-state index contributed by atoms with van der Waals surface area (Å²) in [5, 5.41) is 5.40. The summed E-state index contributed by atoms with van der Waals surface area (Å²) >= 11 is 0. The molecule has 0 bridgehead atoms. The predicted molar refractivity (Wildman–Crippen MR) is 76.4 cm³/mol. The Morgan fingerprint density at radius 1 is 1.05 bits per heavy atom. The molecule has 0 aliphatic carbocycles. The summed E-state index contributed by atoms with van der Waals surface area (Å²) in [6.07, 6.45) is 3.20. The largest absolute Gasteiger partial charge is 0.497 e. The van der Waals surface area contributed by atoms with Crippen molar-refractivity contribution in [3.05, 3.63) is 42.7 Å². The van der Waals surface area contributed by atoms with Gasteiger partial charge in [-0.25, -0.2) is 4.79 Å². The Morgan fingerprint density at radius 3 is 2.45 bits per heavy atom. The first kappa shape index (κ1) is 13.7. The minimum Gasteiger partial charge on any atom is -0.497 e. The van der Waals surface area contributed by atoms with Gasteiger partial charge < -0.3 is 20.1 Å². The third kappa shape index (κ3) is 3.38. The molecule has 2 amide bonds. The van der Waals surface area contributed by atoms with E-state index in [1.54, 1.807) is 49.8 Å². The molecule has 2 N–H and O–H groups in total. The second kappa shape index (κ2) is 6.42. The van der Waals surface area contributed by atoms with Gasteiger partial charge in [-0.3, -0.25) is 4.98 Å². The molecule has 6 heteroatoms. The van der Waals surface area contributed by atoms with Crippen LogP contribution in [-0.2, 0) is 0 Å². The van der Waals surface area contributed by atoms with E-state index in [0.29, 0.717) is 22.9 Å². The maximum Gasteiger partial charge on any atom is 0.323 e. The number of nitrogens with one attached hydrogen (secondary N) is 2. The lowest BCUT2D eigenvalue weighted by Gasteiger charge is -2.12. The van der Waals surface area contributed by atoms with E-state index in [0.717, 1.165) is 0 Å². The minimum absolute atomic E-state index is 0.372. The summed E-state index contributed by atoms with van der Waals surface area (Å²) in [6.45, 7) is 0. The van der Waals surface area contributed by atoms with Crippen LogP contribution in [0.1, 0.15) is 0 Å². The molecule has 0 saturated carbocycles. The van der Waals surface area contributed by atoms with Crippen LogP contribution in [0.5, 0.6) is 11.5 Å². The number of anilines is 2. The van der Waals surface area contributed by atoms with Crippen LogP contribution in [0, 0.1) is 0 Å². The number of rotatable bonds is 4. The molecule has 1 heterocycles. The molecule has 6 nitrogen and oxygen atoms in total. The SMILES string of the molecule is COc1ccc(OC)c(NC(=O)Nc2ccncc2)c1. The van der Waals surface area contributed by atoms with Gasteiger partial charge in [0.25, 0.3) is 0 Å². The van der Waals surface area contributed by atoms with Gasteiger partial charge in [-0.2, -0.15) is 0 Å². The zero-order valence-electron chi connectivity index (χ0n) is 11.2. The van der Waals surface area contributed by atoms with E-state index in [9.17, 15) is 4.79 Å². The molecule has 0 unspecified atom stereocenters. The fraction of sp³-hybridized carbons (Fsp3) is 0.143. The predicted octanol–water partition coefficient (Wildman–Crippen LogP) is 2.74. The number of carbonyl (C=O) groups excluding carboxylic acids is 1. The second-order valence-corrected chi connectivity index (χ2v) is 3.88. The smallest absolute Gasteiger partial charge is 0.323 e. The Kier molecular flexibility index (Phi) is 4.39. The minimum atomic E-state index is -0.372. The Balaban J connectivity index is 2.10. The van der Waals surface area contributed by atoms with Crippen LogP contribution in [0.25, 0.3) is 0 Å². The third-order valence-electron chi connectivity index (χ3n) is 2.59. The van der Waals surface area contributed by atoms with E-state index in [4.69, 9.17) is 9.47 Å². The molecule has 1 aromatic carbocycles. The van der Waals surface area contributed by atoms with Crippen molar-refractivity contribution >= 4 is 17.4 Å². The first-order valence-corrected chi connectivity index (χ1v) is 5.93. The Hall–Kier alpha value is -2.76. The molecule has 0 saturated heterocycles. The average Bonchev–Trinajstić information content (AvgIpc) is 2.48. The van der Waals surface area contributed by atoms with Crippen LogP contribution in [-0.4, -0.2) is 25.2 Å². The number of benzene rings is 1. The van der Waals surface area contributed by atoms with E-state index in [1.807, 2.05) is 0 Å². The summed E-state index contributed by atoms with van der Waals surface area (Å²) in [5.74, 6) is 1.18. The lowest BCUT2D eigenvalue weighted by Crippen LogP contribution is -2.19. The summed E-state index contributed by atoms with van der Waals surface area (Å²) < 4.78 is 10.3. The number of pyridine rings is 1. The van der Waals surface area contributed by atoms with Crippen LogP contribution in [0.2, 0.25) is 0 Å². The maximum absolute atomic E-state index is 11.9. The van der Waals surface area contributed by atoms with E-state index >= 15 is 0 Å². The molecule has 0 atom stereocenters. The number of ether oxygens (including phenoxy) is 2. The number of amides is 2. The number of urea groups is 1. The van der Waals surface area contributed by atoms with Crippen molar-refractivity contribution in [2.75, 3.05) is 24.9 Å². The van der Waals surface area contributed by atoms with Crippen LogP contribution < -0.4 is 20.1 Å². The highest BCUT2D eigenvalue weighted by atomic mass is 16.5. The lowest BCUT2D eigenvalue weighted by molar-refractivity contribution is 0.262. The van der Waals surface area contributed by atoms with E-state index in [2.05, 4.69) is 15.6 Å². The van der Waals surface area contributed by atoms with Crippen molar-refractivity contribution in [3.8, 4) is 11.5 Å². The Labute approximate surface area is 116 Å². The van der Waals surface area contributed by atoms with Gasteiger partial charge in [0, 0.05) is 24.1 Å². The fourth-order valence-electron chi connectivity index (χ4n) is 1.63. The molecule has 0 spiro atoms. The molecule has 104 valence electrons. The molecule has 0 aliphatic heterocycles. The first-order chi connectivity index (χ1) is 9.72. The Morgan fingerprint density at radius 2 is 1.80 bits per heavy atom. The van der Waals surface area contributed by atoms with Crippen molar-refractivity contribution in [3.63, 3.8) is 0 Å². The monoisotopic (exact) mass is 273 g/mol. The van der Waals surface area contributed by atoms with Crippen molar-refractivity contribution < 1.29 is 14.3 Å². The van der Waals surface area contributed by atoms with Crippen LogP contribution in [0.3, 0.4) is 0 Å². The molecular formula is C14H15N3O3. The van der Waals surface area contributed by atoms with Crippen LogP contribution in [0.4, 0.5) is 16.2 Å². The second-order valence-electron chi connectivity index (χ2n) is 3.88. The topological polar surface area (TPSA) is 72.5 Å². The quantitative estimate of drug-likeness (QED) is 0.898. The molecule has 20 heavy (non-hydrogen) atoms. The number of hydrogen-bond acceptors (Lipinski definition) is 4. The molecule has 0 radical (unpaired) electrons. The average molecular weight is 273 g/mol. The van der Waals surface area contributed by atoms with Gasteiger partial charge in [-0.15, -0.1) is 0 Å². The molecule has 2 aromatic rings. The fourth-order valence-corrected chi connectivity index (χ4v) is 1.63. The number of nitrogens with zero attached hydrogens (tertiary/aromatic N) is 1. The molecule has 2 rings (SSSR count). The van der Waals surface area contributed by atoms with Gasteiger partial charge in [-0.1, -0.05) is 0 Å². The highest BCUT2D eigenvalue weighted by Crippen LogP contribution is 2.28. The van der Waals surface area contributed by atoms with Gasteiger partial charge in [0.15, 0.2) is 0 Å². The zero-order valence-corrected chi connectivity index (χ0v) is 11.2. The van der Waals surface area contributed by atoms with Crippen molar-refractivity contribution in [2.45, 2.75) is 0 Å². The first-order valence-electron chi connectivity index (χ1n) is 5.93. The van der Waals surface area contributed by atoms with Gasteiger partial charge >= 0.3 is 6.03 Å². The number of aromatic nitrogens is 1. The Bertz CT molecular complexity index is 587. The summed E-state index contributed by atoms with van der Waals surface area (Å²) in [6, 6.07) is 8.18.